The van der Waals surface area contributed by atoms with Crippen LogP contribution in [0.2, 0.25) is 0 Å². The molecular weight excluding hydrogens is 228 g/mol. The maximum Gasteiger partial charge on any atom is 0.0346 e. The van der Waals surface area contributed by atoms with Crippen molar-refractivity contribution in [2.24, 2.45) is 0 Å². The van der Waals surface area contributed by atoms with Crippen molar-refractivity contribution in [2.75, 3.05) is 12.0 Å². The van der Waals surface area contributed by atoms with Crippen LogP contribution in [0.4, 0.5) is 0 Å². The second kappa shape index (κ2) is 6.03. The molecule has 0 saturated heterocycles. The van der Waals surface area contributed by atoms with Crippen LogP contribution in [0.15, 0.2) is 36.7 Å². The third kappa shape index (κ3) is 3.45. The summed E-state index contributed by atoms with van der Waals surface area (Å²) in [5.74, 6) is 1.15. The Hall–Kier alpha value is -1.06. The molecule has 0 saturated carbocycles. The highest BCUT2D eigenvalue weighted by molar-refractivity contribution is 7.98. The van der Waals surface area contributed by atoms with Gasteiger partial charge in [0.2, 0.25) is 0 Å². The molecule has 1 aromatic heterocycles. The molecule has 90 valence electrons. The first-order valence-corrected chi connectivity index (χ1v) is 7.24. The van der Waals surface area contributed by atoms with Crippen LogP contribution in [0, 0.1) is 0 Å². The Morgan fingerprint density at radius 2 is 2.18 bits per heavy atom. The average Bonchev–Trinajstić information content (AvgIpc) is 2.36. The number of aromatic nitrogens is 1. The van der Waals surface area contributed by atoms with E-state index in [1.165, 1.54) is 16.3 Å². The number of benzene rings is 1. The lowest BCUT2D eigenvalue weighted by Crippen LogP contribution is -2.27. The van der Waals surface area contributed by atoms with Gasteiger partial charge in [-0.3, -0.25) is 4.98 Å². The summed E-state index contributed by atoms with van der Waals surface area (Å²) in [6, 6.07) is 9.15. The minimum atomic E-state index is 0.554. The van der Waals surface area contributed by atoms with Gasteiger partial charge >= 0.3 is 0 Å². The van der Waals surface area contributed by atoms with Crippen molar-refractivity contribution in [1.82, 2.24) is 10.3 Å². The summed E-state index contributed by atoms with van der Waals surface area (Å²) in [5, 5.41) is 5.99. The van der Waals surface area contributed by atoms with Crippen molar-refractivity contribution in [3.63, 3.8) is 0 Å². The van der Waals surface area contributed by atoms with Crippen molar-refractivity contribution < 1.29 is 0 Å². The second-order valence-corrected chi connectivity index (χ2v) is 5.21. The van der Waals surface area contributed by atoms with Gasteiger partial charge in [0.15, 0.2) is 0 Å². The zero-order chi connectivity index (χ0) is 12.1. The van der Waals surface area contributed by atoms with E-state index in [0.717, 1.165) is 12.3 Å². The SMILES string of the molecule is CSCC(C)NCc1ccc2cnccc2c1. The Morgan fingerprint density at radius 3 is 3.00 bits per heavy atom. The summed E-state index contributed by atoms with van der Waals surface area (Å²) in [7, 11) is 0. The van der Waals surface area contributed by atoms with E-state index in [1.54, 1.807) is 0 Å². The van der Waals surface area contributed by atoms with E-state index < -0.39 is 0 Å². The van der Waals surface area contributed by atoms with Crippen LogP contribution in [0.1, 0.15) is 12.5 Å². The smallest absolute Gasteiger partial charge is 0.0346 e. The van der Waals surface area contributed by atoms with Gasteiger partial charge in [-0.2, -0.15) is 11.8 Å². The molecule has 2 rings (SSSR count). The first kappa shape index (κ1) is 12.4. The molecule has 0 radical (unpaired) electrons. The zero-order valence-corrected chi connectivity index (χ0v) is 11.1. The molecule has 1 aromatic carbocycles. The van der Waals surface area contributed by atoms with Crippen LogP contribution in [-0.2, 0) is 6.54 Å². The van der Waals surface area contributed by atoms with Crippen molar-refractivity contribution in [2.45, 2.75) is 19.5 Å². The number of fused-ring (bicyclic) bond motifs is 1. The van der Waals surface area contributed by atoms with E-state index in [2.05, 4.69) is 47.7 Å². The molecule has 1 heterocycles. The number of nitrogens with one attached hydrogen (secondary N) is 1. The molecular formula is C14H18N2S. The number of hydrogen-bond acceptors (Lipinski definition) is 3. The van der Waals surface area contributed by atoms with Crippen molar-refractivity contribution >= 4 is 22.5 Å². The zero-order valence-electron chi connectivity index (χ0n) is 10.3. The van der Waals surface area contributed by atoms with Crippen molar-refractivity contribution in [3.8, 4) is 0 Å². The lowest BCUT2D eigenvalue weighted by Gasteiger charge is -2.12. The van der Waals surface area contributed by atoms with Gasteiger partial charge in [-0.25, -0.2) is 0 Å². The predicted molar refractivity (Wildman–Crippen MR) is 76.4 cm³/mol. The number of thioether (sulfide) groups is 1. The molecule has 0 bridgehead atoms. The van der Waals surface area contributed by atoms with Gasteiger partial charge in [-0.15, -0.1) is 0 Å². The van der Waals surface area contributed by atoms with E-state index in [0.29, 0.717) is 6.04 Å². The summed E-state index contributed by atoms with van der Waals surface area (Å²) in [5.41, 5.74) is 1.33. The third-order valence-corrected chi connectivity index (χ3v) is 3.61. The number of pyridine rings is 1. The molecule has 0 aliphatic rings. The highest BCUT2D eigenvalue weighted by atomic mass is 32.2. The van der Waals surface area contributed by atoms with E-state index >= 15 is 0 Å². The van der Waals surface area contributed by atoms with Gasteiger partial charge in [0.25, 0.3) is 0 Å². The Morgan fingerprint density at radius 1 is 1.29 bits per heavy atom. The van der Waals surface area contributed by atoms with Gasteiger partial charge < -0.3 is 5.32 Å². The Bertz CT molecular complexity index is 484. The van der Waals surface area contributed by atoms with E-state index in [1.807, 2.05) is 24.2 Å². The minimum Gasteiger partial charge on any atom is -0.309 e. The molecule has 1 N–H and O–H groups in total. The van der Waals surface area contributed by atoms with E-state index in [-0.39, 0.29) is 0 Å². The van der Waals surface area contributed by atoms with E-state index in [9.17, 15) is 0 Å². The molecule has 1 atom stereocenters. The maximum atomic E-state index is 4.12. The van der Waals surface area contributed by atoms with Crippen LogP contribution < -0.4 is 5.32 Å². The van der Waals surface area contributed by atoms with Crippen LogP contribution in [0.5, 0.6) is 0 Å². The Kier molecular flexibility index (Phi) is 4.40. The van der Waals surface area contributed by atoms with Crippen LogP contribution in [-0.4, -0.2) is 23.0 Å². The fourth-order valence-corrected chi connectivity index (χ4v) is 2.46. The lowest BCUT2D eigenvalue weighted by atomic mass is 10.1. The normalized spacial score (nSPS) is 12.8. The highest BCUT2D eigenvalue weighted by Gasteiger charge is 2.01. The fourth-order valence-electron chi connectivity index (χ4n) is 1.84. The number of hydrogen-bond donors (Lipinski definition) is 1. The van der Waals surface area contributed by atoms with Crippen LogP contribution >= 0.6 is 11.8 Å². The van der Waals surface area contributed by atoms with Gasteiger partial charge in [0, 0.05) is 36.1 Å². The quantitative estimate of drug-likeness (QED) is 0.877. The summed E-state index contributed by atoms with van der Waals surface area (Å²) < 4.78 is 0. The molecule has 0 aliphatic heterocycles. The fraction of sp³-hybridized carbons (Fsp3) is 0.357. The van der Waals surface area contributed by atoms with E-state index in [4.69, 9.17) is 0 Å². The molecule has 2 nitrogen and oxygen atoms in total. The first-order valence-electron chi connectivity index (χ1n) is 5.84. The first-order chi connectivity index (χ1) is 8.29. The summed E-state index contributed by atoms with van der Waals surface area (Å²) in [6.45, 7) is 3.15. The number of nitrogens with zero attached hydrogens (tertiary/aromatic N) is 1. The molecule has 0 fully saturated rings. The highest BCUT2D eigenvalue weighted by Crippen LogP contribution is 2.14. The van der Waals surface area contributed by atoms with Gasteiger partial charge in [0.05, 0.1) is 0 Å². The predicted octanol–water partition coefficient (Wildman–Crippen LogP) is 3.08. The number of rotatable bonds is 5. The van der Waals surface area contributed by atoms with Gasteiger partial charge in [0.1, 0.15) is 0 Å². The average molecular weight is 246 g/mol. The molecule has 17 heavy (non-hydrogen) atoms. The molecule has 0 aliphatic carbocycles. The molecule has 0 amide bonds. The third-order valence-electron chi connectivity index (χ3n) is 2.78. The standard InChI is InChI=1S/C14H18N2S/c1-11(10-17-2)16-8-12-3-4-14-9-15-6-5-13(14)7-12/h3-7,9,11,16H,8,10H2,1-2H3. The Balaban J connectivity index is 2.04. The molecule has 1 unspecified atom stereocenters. The topological polar surface area (TPSA) is 24.9 Å². The monoisotopic (exact) mass is 246 g/mol. The Labute approximate surface area is 107 Å². The summed E-state index contributed by atoms with van der Waals surface area (Å²) >= 11 is 1.88. The van der Waals surface area contributed by atoms with Gasteiger partial charge in [-0.1, -0.05) is 12.1 Å². The van der Waals surface area contributed by atoms with Crippen LogP contribution in [0.25, 0.3) is 10.8 Å². The van der Waals surface area contributed by atoms with Crippen molar-refractivity contribution in [3.05, 3.63) is 42.2 Å². The maximum absolute atomic E-state index is 4.12. The summed E-state index contributed by atoms with van der Waals surface area (Å²) in [4.78, 5) is 4.12. The minimum absolute atomic E-state index is 0.554. The summed E-state index contributed by atoms with van der Waals surface area (Å²) in [6.07, 6.45) is 5.89. The van der Waals surface area contributed by atoms with Crippen LogP contribution in [0.3, 0.4) is 0 Å². The molecule has 0 spiro atoms. The molecule has 2 aromatic rings. The van der Waals surface area contributed by atoms with Crippen molar-refractivity contribution in [1.29, 1.82) is 0 Å². The van der Waals surface area contributed by atoms with Gasteiger partial charge in [-0.05, 0) is 36.3 Å². The molecule has 3 heteroatoms. The lowest BCUT2D eigenvalue weighted by molar-refractivity contribution is 0.596. The largest absolute Gasteiger partial charge is 0.309 e. The second-order valence-electron chi connectivity index (χ2n) is 4.29.